The summed E-state index contributed by atoms with van der Waals surface area (Å²) in [5.74, 6) is -0.704. The van der Waals surface area contributed by atoms with E-state index >= 15 is 0 Å². The molecule has 2 aromatic carbocycles. The van der Waals surface area contributed by atoms with Gasteiger partial charge >= 0.3 is 0 Å². The Bertz CT molecular complexity index is 635. The number of aromatic hydroxyl groups is 1. The van der Waals surface area contributed by atoms with Gasteiger partial charge in [0.15, 0.2) is 0 Å². The van der Waals surface area contributed by atoms with Gasteiger partial charge in [0, 0.05) is 11.8 Å². The fraction of sp³-hybridized carbons (Fsp3) is 0.133. The van der Waals surface area contributed by atoms with E-state index in [9.17, 15) is 14.3 Å². The van der Waals surface area contributed by atoms with Crippen molar-refractivity contribution in [3.8, 4) is 11.5 Å². The number of ether oxygens (including phenoxy) is 1. The molecule has 2 aromatic rings. The van der Waals surface area contributed by atoms with Gasteiger partial charge in [0.05, 0.1) is 12.7 Å². The molecule has 0 aromatic heterocycles. The first-order chi connectivity index (χ1) is 9.49. The van der Waals surface area contributed by atoms with E-state index in [2.05, 4.69) is 5.32 Å². The maximum absolute atomic E-state index is 13.2. The van der Waals surface area contributed by atoms with Gasteiger partial charge in [-0.25, -0.2) is 4.39 Å². The van der Waals surface area contributed by atoms with Crippen LogP contribution in [0, 0.1) is 12.7 Å². The van der Waals surface area contributed by atoms with Crippen LogP contribution in [0.3, 0.4) is 0 Å². The molecule has 0 bridgehead atoms. The lowest BCUT2D eigenvalue weighted by Crippen LogP contribution is -2.12. The molecule has 5 heteroatoms. The quantitative estimate of drug-likeness (QED) is 0.905. The molecular weight excluding hydrogens is 261 g/mol. The number of amides is 1. The average molecular weight is 275 g/mol. The number of rotatable bonds is 3. The lowest BCUT2D eigenvalue weighted by atomic mass is 10.1. The summed E-state index contributed by atoms with van der Waals surface area (Å²) in [6.45, 7) is 1.73. The molecule has 0 heterocycles. The van der Waals surface area contributed by atoms with Crippen LogP contribution in [-0.4, -0.2) is 18.1 Å². The Morgan fingerprint density at radius 3 is 2.60 bits per heavy atom. The lowest BCUT2D eigenvalue weighted by Gasteiger charge is -2.09. The van der Waals surface area contributed by atoms with Crippen molar-refractivity contribution in [2.75, 3.05) is 12.4 Å². The first-order valence-corrected chi connectivity index (χ1v) is 5.95. The SMILES string of the molecule is COc1ccc(C(=O)Nc2cc(C)cc(F)c2)c(O)c1. The number of phenols is 1. The van der Waals surface area contributed by atoms with Crippen molar-refractivity contribution in [3.63, 3.8) is 0 Å². The molecule has 0 aliphatic carbocycles. The highest BCUT2D eigenvalue weighted by Gasteiger charge is 2.12. The normalized spacial score (nSPS) is 10.2. The van der Waals surface area contributed by atoms with Gasteiger partial charge in [-0.1, -0.05) is 0 Å². The van der Waals surface area contributed by atoms with Crippen molar-refractivity contribution < 1.29 is 19.0 Å². The fourth-order valence-corrected chi connectivity index (χ4v) is 1.84. The van der Waals surface area contributed by atoms with Crippen LogP contribution < -0.4 is 10.1 Å². The zero-order chi connectivity index (χ0) is 14.7. The van der Waals surface area contributed by atoms with Crippen molar-refractivity contribution in [2.45, 2.75) is 6.92 Å². The number of aryl methyl sites for hydroxylation is 1. The maximum Gasteiger partial charge on any atom is 0.259 e. The average Bonchev–Trinajstić information content (AvgIpc) is 2.36. The van der Waals surface area contributed by atoms with Crippen molar-refractivity contribution in [3.05, 3.63) is 53.3 Å². The summed E-state index contributed by atoms with van der Waals surface area (Å²) >= 11 is 0. The Labute approximate surface area is 115 Å². The van der Waals surface area contributed by atoms with E-state index in [1.54, 1.807) is 19.1 Å². The largest absolute Gasteiger partial charge is 0.507 e. The summed E-state index contributed by atoms with van der Waals surface area (Å²) in [4.78, 5) is 12.0. The number of benzene rings is 2. The Kier molecular flexibility index (Phi) is 3.89. The third kappa shape index (κ3) is 3.06. The summed E-state index contributed by atoms with van der Waals surface area (Å²) in [5, 5.41) is 12.3. The van der Waals surface area contributed by atoms with Gasteiger partial charge in [-0.3, -0.25) is 4.79 Å². The van der Waals surface area contributed by atoms with E-state index in [0.29, 0.717) is 17.0 Å². The Balaban J connectivity index is 2.23. The van der Waals surface area contributed by atoms with Crippen molar-refractivity contribution >= 4 is 11.6 Å². The number of carbonyl (C=O) groups is 1. The van der Waals surface area contributed by atoms with E-state index in [1.165, 1.54) is 31.4 Å². The van der Waals surface area contributed by atoms with E-state index in [4.69, 9.17) is 4.74 Å². The number of hydrogen-bond acceptors (Lipinski definition) is 3. The molecule has 2 rings (SSSR count). The first-order valence-electron chi connectivity index (χ1n) is 5.95. The van der Waals surface area contributed by atoms with Gasteiger partial charge in [0.2, 0.25) is 0 Å². The van der Waals surface area contributed by atoms with Gasteiger partial charge < -0.3 is 15.2 Å². The van der Waals surface area contributed by atoms with Crippen LogP contribution in [0.25, 0.3) is 0 Å². The summed E-state index contributed by atoms with van der Waals surface area (Å²) in [6, 6.07) is 8.56. The van der Waals surface area contributed by atoms with Crippen LogP contribution in [0.1, 0.15) is 15.9 Å². The molecule has 0 saturated heterocycles. The molecule has 4 nitrogen and oxygen atoms in total. The minimum Gasteiger partial charge on any atom is -0.507 e. The minimum atomic E-state index is -0.518. The van der Waals surface area contributed by atoms with E-state index in [0.717, 1.165) is 0 Å². The van der Waals surface area contributed by atoms with Crippen molar-refractivity contribution in [2.24, 2.45) is 0 Å². The maximum atomic E-state index is 13.2. The monoisotopic (exact) mass is 275 g/mol. The third-order valence-corrected chi connectivity index (χ3v) is 2.75. The zero-order valence-electron chi connectivity index (χ0n) is 11.1. The summed E-state index contributed by atoms with van der Waals surface area (Å²) in [5.41, 5.74) is 1.12. The van der Waals surface area contributed by atoms with E-state index < -0.39 is 11.7 Å². The molecule has 20 heavy (non-hydrogen) atoms. The predicted octanol–water partition coefficient (Wildman–Crippen LogP) is 3.10. The van der Waals surface area contributed by atoms with Crippen LogP contribution in [0.4, 0.5) is 10.1 Å². The second kappa shape index (κ2) is 5.61. The van der Waals surface area contributed by atoms with Crippen molar-refractivity contribution in [1.29, 1.82) is 0 Å². The number of methoxy groups -OCH3 is 1. The summed E-state index contributed by atoms with van der Waals surface area (Å²) in [6.07, 6.45) is 0. The smallest absolute Gasteiger partial charge is 0.259 e. The predicted molar refractivity (Wildman–Crippen MR) is 73.7 cm³/mol. The first kappa shape index (κ1) is 13.9. The van der Waals surface area contributed by atoms with Crippen LogP contribution in [-0.2, 0) is 0 Å². The number of anilines is 1. The zero-order valence-corrected chi connectivity index (χ0v) is 11.1. The van der Waals surface area contributed by atoms with Gasteiger partial charge in [-0.15, -0.1) is 0 Å². The topological polar surface area (TPSA) is 58.6 Å². The van der Waals surface area contributed by atoms with Crippen LogP contribution in [0.2, 0.25) is 0 Å². The van der Waals surface area contributed by atoms with Crippen LogP contribution in [0.15, 0.2) is 36.4 Å². The molecule has 2 N–H and O–H groups in total. The second-order valence-corrected chi connectivity index (χ2v) is 4.35. The molecule has 0 radical (unpaired) electrons. The summed E-state index contributed by atoms with van der Waals surface area (Å²) in [7, 11) is 1.46. The fourth-order valence-electron chi connectivity index (χ4n) is 1.84. The number of hydrogen-bond donors (Lipinski definition) is 2. The summed E-state index contributed by atoms with van der Waals surface area (Å²) < 4.78 is 18.2. The van der Waals surface area contributed by atoms with Crippen molar-refractivity contribution in [1.82, 2.24) is 0 Å². The molecule has 104 valence electrons. The standard InChI is InChI=1S/C15H14FNO3/c1-9-5-10(16)7-11(6-9)17-15(19)13-4-3-12(20-2)8-14(13)18/h3-8,18H,1-2H3,(H,17,19). The number of carbonyl (C=O) groups excluding carboxylic acids is 1. The highest BCUT2D eigenvalue weighted by atomic mass is 19.1. The molecule has 0 aliphatic rings. The van der Waals surface area contributed by atoms with Gasteiger partial charge in [-0.2, -0.15) is 0 Å². The Hall–Kier alpha value is -2.56. The second-order valence-electron chi connectivity index (χ2n) is 4.35. The molecular formula is C15H14FNO3. The van der Waals surface area contributed by atoms with Gasteiger partial charge in [0.25, 0.3) is 5.91 Å². The highest BCUT2D eigenvalue weighted by Crippen LogP contribution is 2.24. The lowest BCUT2D eigenvalue weighted by molar-refractivity contribution is 0.102. The molecule has 1 amide bonds. The third-order valence-electron chi connectivity index (χ3n) is 2.75. The number of phenolic OH excluding ortho intramolecular Hbond substituents is 1. The molecule has 0 spiro atoms. The number of halogens is 1. The van der Waals surface area contributed by atoms with E-state index in [-0.39, 0.29) is 11.3 Å². The molecule has 0 aliphatic heterocycles. The van der Waals surface area contributed by atoms with Gasteiger partial charge in [0.1, 0.15) is 17.3 Å². The molecule has 0 unspecified atom stereocenters. The van der Waals surface area contributed by atoms with Crippen LogP contribution in [0.5, 0.6) is 11.5 Å². The Morgan fingerprint density at radius 1 is 1.25 bits per heavy atom. The molecule has 0 saturated carbocycles. The highest BCUT2D eigenvalue weighted by molar-refractivity contribution is 6.06. The molecule has 0 fully saturated rings. The van der Waals surface area contributed by atoms with Crippen LogP contribution >= 0.6 is 0 Å². The molecule has 0 atom stereocenters. The van der Waals surface area contributed by atoms with E-state index in [1.807, 2.05) is 0 Å². The minimum absolute atomic E-state index is 0.0905. The number of nitrogens with one attached hydrogen (secondary N) is 1. The Morgan fingerprint density at radius 2 is 2.00 bits per heavy atom. The van der Waals surface area contributed by atoms with Gasteiger partial charge in [-0.05, 0) is 42.8 Å².